The molecular weight excluding hydrogens is 450 g/mol. The van der Waals surface area contributed by atoms with Crippen LogP contribution < -0.4 is 19.3 Å². The number of ether oxygens (including phenoxy) is 3. The summed E-state index contributed by atoms with van der Waals surface area (Å²) >= 11 is 0. The average molecular weight is 486 g/mol. The van der Waals surface area contributed by atoms with Gasteiger partial charge in [-0.2, -0.15) is 4.98 Å². The van der Waals surface area contributed by atoms with E-state index in [1.807, 2.05) is 24.3 Å². The molecule has 3 aliphatic rings. The maximum absolute atomic E-state index is 6.29. The van der Waals surface area contributed by atoms with E-state index < -0.39 is 0 Å². The van der Waals surface area contributed by atoms with Crippen molar-refractivity contribution in [1.29, 1.82) is 0 Å². The van der Waals surface area contributed by atoms with Gasteiger partial charge in [-0.05, 0) is 54.9 Å². The van der Waals surface area contributed by atoms with Crippen molar-refractivity contribution >= 4 is 11.5 Å². The highest BCUT2D eigenvalue weighted by Crippen LogP contribution is 2.55. The molecule has 1 aliphatic carbocycles. The second kappa shape index (κ2) is 10.0. The van der Waals surface area contributed by atoms with E-state index in [1.54, 1.807) is 7.11 Å². The number of methoxy groups -OCH3 is 1. The molecule has 3 fully saturated rings. The van der Waals surface area contributed by atoms with E-state index in [2.05, 4.69) is 59.2 Å². The molecule has 0 spiro atoms. The third kappa shape index (κ3) is 4.74. The highest BCUT2D eigenvalue weighted by molar-refractivity contribution is 5.60. The van der Waals surface area contributed by atoms with E-state index in [9.17, 15) is 0 Å². The van der Waals surface area contributed by atoms with Crippen LogP contribution in [0.4, 0.5) is 11.5 Å². The summed E-state index contributed by atoms with van der Waals surface area (Å²) in [6, 6.07) is 24.2. The minimum absolute atomic E-state index is 0.467. The van der Waals surface area contributed by atoms with Crippen molar-refractivity contribution in [1.82, 2.24) is 4.98 Å². The van der Waals surface area contributed by atoms with Gasteiger partial charge >= 0.3 is 0 Å². The lowest BCUT2D eigenvalue weighted by molar-refractivity contribution is 0.122. The lowest BCUT2D eigenvalue weighted by Crippen LogP contribution is -2.41. The first-order chi connectivity index (χ1) is 17.7. The first-order valence-corrected chi connectivity index (χ1v) is 13.1. The summed E-state index contributed by atoms with van der Waals surface area (Å²) < 4.78 is 17.2. The van der Waals surface area contributed by atoms with Crippen LogP contribution in [-0.4, -0.2) is 50.5 Å². The molecule has 3 heterocycles. The topological polar surface area (TPSA) is 47.1 Å². The molecule has 0 bridgehead atoms. The van der Waals surface area contributed by atoms with Crippen LogP contribution in [-0.2, 0) is 17.8 Å². The Morgan fingerprint density at radius 1 is 0.944 bits per heavy atom. The number of pyridine rings is 1. The SMILES string of the molecule is COc1ccc(COc2cc(N3CCOCC3)cc(N3[C@@H](C)[C@H]4C[C@H]4[C@@H]3Cc3ccccc3)n2)cc1. The van der Waals surface area contributed by atoms with Crippen molar-refractivity contribution in [2.45, 2.75) is 38.5 Å². The van der Waals surface area contributed by atoms with E-state index >= 15 is 0 Å². The maximum atomic E-state index is 6.29. The first-order valence-electron chi connectivity index (χ1n) is 13.1. The molecule has 1 saturated carbocycles. The van der Waals surface area contributed by atoms with Crippen molar-refractivity contribution < 1.29 is 14.2 Å². The largest absolute Gasteiger partial charge is 0.497 e. The summed E-state index contributed by atoms with van der Waals surface area (Å²) in [5.74, 6) is 4.06. The molecule has 2 aliphatic heterocycles. The number of hydrogen-bond acceptors (Lipinski definition) is 6. The molecule has 0 unspecified atom stereocenters. The number of hydrogen-bond donors (Lipinski definition) is 0. The van der Waals surface area contributed by atoms with Crippen molar-refractivity contribution in [2.24, 2.45) is 11.8 Å². The maximum Gasteiger partial charge on any atom is 0.217 e. The van der Waals surface area contributed by atoms with E-state index in [0.717, 1.165) is 61.7 Å². The second-order valence-electron chi connectivity index (χ2n) is 10.2. The zero-order valence-corrected chi connectivity index (χ0v) is 21.2. The number of piperidine rings is 1. The molecule has 0 N–H and O–H groups in total. The van der Waals surface area contributed by atoms with Gasteiger partial charge in [-0.15, -0.1) is 0 Å². The molecule has 6 nitrogen and oxygen atoms in total. The highest BCUT2D eigenvalue weighted by atomic mass is 16.5. The molecule has 1 aromatic heterocycles. The Morgan fingerprint density at radius 3 is 2.47 bits per heavy atom. The van der Waals surface area contributed by atoms with E-state index in [0.29, 0.717) is 24.6 Å². The average Bonchev–Trinajstić information content (AvgIpc) is 3.69. The molecule has 6 rings (SSSR count). The van der Waals surface area contributed by atoms with Crippen molar-refractivity contribution in [3.05, 3.63) is 77.9 Å². The molecule has 0 radical (unpaired) electrons. The number of nitrogens with zero attached hydrogens (tertiary/aromatic N) is 3. The number of fused-ring (bicyclic) bond motifs is 1. The number of rotatable bonds is 8. The van der Waals surface area contributed by atoms with E-state index in [-0.39, 0.29) is 0 Å². The monoisotopic (exact) mass is 485 g/mol. The van der Waals surface area contributed by atoms with Crippen LogP contribution >= 0.6 is 0 Å². The molecular formula is C30H35N3O3. The van der Waals surface area contributed by atoms with Gasteiger partial charge in [-0.1, -0.05) is 42.5 Å². The van der Waals surface area contributed by atoms with Gasteiger partial charge in [0.25, 0.3) is 0 Å². The van der Waals surface area contributed by atoms with E-state index in [1.165, 1.54) is 17.7 Å². The normalized spacial score (nSPS) is 24.9. The Kier molecular flexibility index (Phi) is 6.45. The second-order valence-corrected chi connectivity index (χ2v) is 10.2. The van der Waals surface area contributed by atoms with Gasteiger partial charge in [0, 0.05) is 43.0 Å². The Bertz CT molecular complexity index is 1160. The fourth-order valence-corrected chi connectivity index (χ4v) is 6.00. The number of benzene rings is 2. The van der Waals surface area contributed by atoms with Crippen LogP contribution in [0.1, 0.15) is 24.5 Å². The third-order valence-corrected chi connectivity index (χ3v) is 8.05. The van der Waals surface area contributed by atoms with Crippen LogP contribution in [0.3, 0.4) is 0 Å². The Labute approximate surface area is 213 Å². The van der Waals surface area contributed by atoms with Gasteiger partial charge in [0.1, 0.15) is 18.2 Å². The van der Waals surface area contributed by atoms with E-state index in [4.69, 9.17) is 19.2 Å². The van der Waals surface area contributed by atoms with Gasteiger partial charge in [0.2, 0.25) is 5.88 Å². The minimum Gasteiger partial charge on any atom is -0.497 e. The third-order valence-electron chi connectivity index (χ3n) is 8.05. The predicted octanol–water partition coefficient (Wildman–Crippen LogP) is 4.96. The quantitative estimate of drug-likeness (QED) is 0.449. The molecule has 188 valence electrons. The smallest absolute Gasteiger partial charge is 0.217 e. The Balaban J connectivity index is 1.29. The molecule has 3 aromatic rings. The standard InChI is InChI=1S/C30H35N3O3/c1-21-26-19-27(26)28(16-22-6-4-3-5-7-22)33(21)29-17-24(32-12-14-35-15-13-32)18-30(31-29)36-20-23-8-10-25(34-2)11-9-23/h3-11,17-18,21,26-28H,12-16,19-20H2,1-2H3/t21-,26+,27+,28-/m0/s1. The van der Waals surface area contributed by atoms with Gasteiger partial charge < -0.3 is 24.0 Å². The number of aromatic nitrogens is 1. The summed E-state index contributed by atoms with van der Waals surface area (Å²) in [5, 5.41) is 0. The molecule has 36 heavy (non-hydrogen) atoms. The summed E-state index contributed by atoms with van der Waals surface area (Å²) in [7, 11) is 1.68. The Morgan fingerprint density at radius 2 is 1.72 bits per heavy atom. The fraction of sp³-hybridized carbons (Fsp3) is 0.433. The van der Waals surface area contributed by atoms with Gasteiger partial charge in [0.05, 0.1) is 20.3 Å². The summed E-state index contributed by atoms with van der Waals surface area (Å²) in [5.41, 5.74) is 3.65. The molecule has 0 amide bonds. The van der Waals surface area contributed by atoms with Crippen LogP contribution in [0, 0.1) is 11.8 Å². The number of morpholine rings is 1. The lowest BCUT2D eigenvalue weighted by Gasteiger charge is -2.35. The fourth-order valence-electron chi connectivity index (χ4n) is 6.00. The first kappa shape index (κ1) is 23.2. The van der Waals surface area contributed by atoms with Crippen molar-refractivity contribution in [2.75, 3.05) is 43.2 Å². The van der Waals surface area contributed by atoms with Crippen LogP contribution in [0.2, 0.25) is 0 Å². The molecule has 4 atom stereocenters. The summed E-state index contributed by atoms with van der Waals surface area (Å²) in [4.78, 5) is 10.0. The van der Waals surface area contributed by atoms with Gasteiger partial charge in [0.15, 0.2) is 0 Å². The Hall–Kier alpha value is -3.25. The zero-order valence-electron chi connectivity index (χ0n) is 21.2. The van der Waals surface area contributed by atoms with Gasteiger partial charge in [-0.3, -0.25) is 0 Å². The molecule has 2 saturated heterocycles. The minimum atomic E-state index is 0.467. The highest BCUT2D eigenvalue weighted by Gasteiger charge is 2.57. The van der Waals surface area contributed by atoms with Crippen molar-refractivity contribution in [3.63, 3.8) is 0 Å². The van der Waals surface area contributed by atoms with Crippen LogP contribution in [0.25, 0.3) is 0 Å². The molecule has 2 aromatic carbocycles. The summed E-state index contributed by atoms with van der Waals surface area (Å²) in [6.45, 7) is 6.11. The number of anilines is 2. The van der Waals surface area contributed by atoms with Crippen LogP contribution in [0.5, 0.6) is 11.6 Å². The van der Waals surface area contributed by atoms with Crippen LogP contribution in [0.15, 0.2) is 66.7 Å². The van der Waals surface area contributed by atoms with Crippen molar-refractivity contribution in [3.8, 4) is 11.6 Å². The molecule has 6 heteroatoms. The summed E-state index contributed by atoms with van der Waals surface area (Å²) in [6.07, 6.45) is 2.39. The zero-order chi connectivity index (χ0) is 24.5. The predicted molar refractivity (Wildman–Crippen MR) is 142 cm³/mol. The van der Waals surface area contributed by atoms with Gasteiger partial charge in [-0.25, -0.2) is 0 Å². The lowest BCUT2D eigenvalue weighted by atomic mass is 10.0.